The van der Waals surface area contributed by atoms with Crippen molar-refractivity contribution in [2.24, 2.45) is 4.99 Å². The molecule has 0 aliphatic heterocycles. The summed E-state index contributed by atoms with van der Waals surface area (Å²) < 4.78 is 29.5. The molecule has 0 fully saturated rings. The van der Waals surface area contributed by atoms with Crippen molar-refractivity contribution in [2.75, 3.05) is 6.54 Å². The Labute approximate surface area is 151 Å². The van der Waals surface area contributed by atoms with Crippen LogP contribution in [-0.2, 0) is 13.1 Å². The molecule has 2 N–H and O–H groups in total. The number of aliphatic imine (C=N–C) groups is 1. The van der Waals surface area contributed by atoms with Crippen LogP contribution in [0.1, 0.15) is 23.6 Å². The smallest absolute Gasteiger partial charge is 0.387 e. The largest absolute Gasteiger partial charge is 0.434 e. The van der Waals surface area contributed by atoms with Gasteiger partial charge in [0.1, 0.15) is 5.75 Å². The van der Waals surface area contributed by atoms with E-state index in [9.17, 15) is 8.78 Å². The number of hydrogen-bond donors (Lipinski definition) is 2. The lowest BCUT2D eigenvalue weighted by Crippen LogP contribution is -2.36. The quantitative estimate of drug-likeness (QED) is 0.588. The van der Waals surface area contributed by atoms with Crippen LogP contribution in [0.5, 0.6) is 5.75 Å². The van der Waals surface area contributed by atoms with E-state index >= 15 is 0 Å². The minimum Gasteiger partial charge on any atom is -0.434 e. The molecule has 2 rings (SSSR count). The minimum absolute atomic E-state index is 0.132. The lowest BCUT2D eigenvalue weighted by molar-refractivity contribution is -0.0504. The number of guanidine groups is 1. The lowest BCUT2D eigenvalue weighted by Gasteiger charge is -2.14. The molecule has 0 atom stereocenters. The van der Waals surface area contributed by atoms with Gasteiger partial charge in [-0.2, -0.15) is 14.0 Å². The summed E-state index contributed by atoms with van der Waals surface area (Å²) in [6.07, 6.45) is 0. The van der Waals surface area contributed by atoms with Gasteiger partial charge in [0.2, 0.25) is 0 Å². The third-order valence-electron chi connectivity index (χ3n) is 3.45. The first-order valence-corrected chi connectivity index (χ1v) is 8.16. The van der Waals surface area contributed by atoms with Crippen LogP contribution in [0.2, 0.25) is 0 Å². The predicted octanol–water partition coefficient (Wildman–Crippen LogP) is 3.41. The maximum absolute atomic E-state index is 12.5. The van der Waals surface area contributed by atoms with E-state index in [1.807, 2.05) is 19.1 Å². The number of para-hydroxylation sites is 1. The SMILES string of the molecule is CCNC(=NCc1cccc(C#N)c1)NCc1ccccc1OC(F)F. The molecule has 0 saturated carbocycles. The minimum atomic E-state index is -2.87. The third-order valence-corrected chi connectivity index (χ3v) is 3.45. The van der Waals surface area contributed by atoms with Crippen LogP contribution >= 0.6 is 0 Å². The van der Waals surface area contributed by atoms with Gasteiger partial charge >= 0.3 is 6.61 Å². The first-order chi connectivity index (χ1) is 12.6. The second-order valence-corrected chi connectivity index (χ2v) is 5.35. The van der Waals surface area contributed by atoms with Gasteiger partial charge in [-0.05, 0) is 30.7 Å². The van der Waals surface area contributed by atoms with Crippen LogP contribution in [0.3, 0.4) is 0 Å². The number of nitriles is 1. The molecule has 26 heavy (non-hydrogen) atoms. The molecule has 7 heteroatoms. The van der Waals surface area contributed by atoms with Crippen LogP contribution in [0.15, 0.2) is 53.5 Å². The Morgan fingerprint density at radius 2 is 2.00 bits per heavy atom. The molecule has 136 valence electrons. The summed E-state index contributed by atoms with van der Waals surface area (Å²) >= 11 is 0. The third kappa shape index (κ3) is 6.06. The van der Waals surface area contributed by atoms with Crippen molar-refractivity contribution in [3.63, 3.8) is 0 Å². The van der Waals surface area contributed by atoms with Gasteiger partial charge in [0.15, 0.2) is 5.96 Å². The van der Waals surface area contributed by atoms with Gasteiger partial charge in [-0.15, -0.1) is 0 Å². The molecule has 0 aliphatic rings. The normalized spacial score (nSPS) is 11.1. The van der Waals surface area contributed by atoms with Gasteiger partial charge in [-0.1, -0.05) is 30.3 Å². The van der Waals surface area contributed by atoms with Crippen molar-refractivity contribution in [2.45, 2.75) is 26.6 Å². The van der Waals surface area contributed by atoms with Gasteiger partial charge in [-0.3, -0.25) is 0 Å². The highest BCUT2D eigenvalue weighted by molar-refractivity contribution is 5.79. The van der Waals surface area contributed by atoms with Crippen LogP contribution < -0.4 is 15.4 Å². The Morgan fingerprint density at radius 3 is 2.73 bits per heavy atom. The Hall–Kier alpha value is -3.14. The fourth-order valence-electron chi connectivity index (χ4n) is 2.29. The molecule has 0 bridgehead atoms. The van der Waals surface area contributed by atoms with E-state index in [2.05, 4.69) is 26.4 Å². The molecule has 0 spiro atoms. The van der Waals surface area contributed by atoms with Crippen LogP contribution in [0, 0.1) is 11.3 Å². The standard InChI is InChI=1S/C19H20F2N4O/c1-2-23-19(24-12-15-7-5-6-14(10-15)11-22)25-13-16-8-3-4-9-17(16)26-18(20)21/h3-10,18H,2,12-13H2,1H3,(H2,23,24,25). The summed E-state index contributed by atoms with van der Waals surface area (Å²) in [7, 11) is 0. The number of halogens is 2. The Bertz CT molecular complexity index is 787. The van der Waals surface area contributed by atoms with Crippen LogP contribution in [0.25, 0.3) is 0 Å². The van der Waals surface area contributed by atoms with Crippen molar-refractivity contribution < 1.29 is 13.5 Å². The zero-order valence-corrected chi connectivity index (χ0v) is 14.4. The van der Waals surface area contributed by atoms with E-state index in [-0.39, 0.29) is 12.3 Å². The number of nitrogens with zero attached hydrogens (tertiary/aromatic N) is 2. The zero-order chi connectivity index (χ0) is 18.8. The van der Waals surface area contributed by atoms with Gasteiger partial charge in [0, 0.05) is 18.7 Å². The Morgan fingerprint density at radius 1 is 1.19 bits per heavy atom. The van der Waals surface area contributed by atoms with E-state index in [0.29, 0.717) is 30.2 Å². The molecule has 2 aromatic carbocycles. The average molecular weight is 358 g/mol. The molecule has 0 aliphatic carbocycles. The summed E-state index contributed by atoms with van der Waals surface area (Å²) in [5, 5.41) is 15.1. The summed E-state index contributed by atoms with van der Waals surface area (Å²) in [5.74, 6) is 0.675. The number of alkyl halides is 2. The fraction of sp³-hybridized carbons (Fsp3) is 0.263. The second kappa shape index (κ2) is 9.99. The van der Waals surface area contributed by atoms with E-state index < -0.39 is 6.61 Å². The number of rotatable bonds is 7. The summed E-state index contributed by atoms with van der Waals surface area (Å²) in [6.45, 7) is 0.388. The lowest BCUT2D eigenvalue weighted by atomic mass is 10.1. The highest BCUT2D eigenvalue weighted by Gasteiger charge is 2.09. The van der Waals surface area contributed by atoms with Crippen molar-refractivity contribution in [1.29, 1.82) is 5.26 Å². The van der Waals surface area contributed by atoms with Gasteiger partial charge in [0.25, 0.3) is 0 Å². The maximum Gasteiger partial charge on any atom is 0.387 e. The molecular weight excluding hydrogens is 338 g/mol. The predicted molar refractivity (Wildman–Crippen MR) is 95.9 cm³/mol. The molecular formula is C19H20F2N4O. The van der Waals surface area contributed by atoms with E-state index in [0.717, 1.165) is 5.56 Å². The van der Waals surface area contributed by atoms with Crippen LogP contribution in [-0.4, -0.2) is 19.1 Å². The van der Waals surface area contributed by atoms with Gasteiger partial charge < -0.3 is 15.4 Å². The summed E-state index contributed by atoms with van der Waals surface area (Å²) in [5.41, 5.74) is 2.08. The number of hydrogen-bond acceptors (Lipinski definition) is 3. The topological polar surface area (TPSA) is 69.4 Å². The molecule has 5 nitrogen and oxygen atoms in total. The zero-order valence-electron chi connectivity index (χ0n) is 14.4. The van der Waals surface area contributed by atoms with Crippen molar-refractivity contribution >= 4 is 5.96 Å². The fourth-order valence-corrected chi connectivity index (χ4v) is 2.29. The Kier molecular flexibility index (Phi) is 7.37. The van der Waals surface area contributed by atoms with Gasteiger partial charge in [0.05, 0.1) is 18.2 Å². The first kappa shape index (κ1) is 19.2. The molecule has 0 aromatic heterocycles. The number of ether oxygens (including phenoxy) is 1. The summed E-state index contributed by atoms with van der Waals surface area (Å²) in [6, 6.07) is 15.9. The number of benzene rings is 2. The molecule has 0 radical (unpaired) electrons. The monoisotopic (exact) mass is 358 g/mol. The highest BCUT2D eigenvalue weighted by Crippen LogP contribution is 2.19. The average Bonchev–Trinajstić information content (AvgIpc) is 2.65. The van der Waals surface area contributed by atoms with E-state index in [4.69, 9.17) is 5.26 Å². The second-order valence-electron chi connectivity index (χ2n) is 5.35. The van der Waals surface area contributed by atoms with Gasteiger partial charge in [-0.25, -0.2) is 4.99 Å². The maximum atomic E-state index is 12.5. The van der Waals surface area contributed by atoms with E-state index in [1.54, 1.807) is 30.3 Å². The molecule has 0 unspecified atom stereocenters. The first-order valence-electron chi connectivity index (χ1n) is 8.16. The van der Waals surface area contributed by atoms with Crippen molar-refractivity contribution in [1.82, 2.24) is 10.6 Å². The Balaban J connectivity index is 2.05. The molecule has 0 amide bonds. The van der Waals surface area contributed by atoms with Crippen LogP contribution in [0.4, 0.5) is 8.78 Å². The molecule has 0 saturated heterocycles. The molecule has 2 aromatic rings. The number of nitrogens with one attached hydrogen (secondary N) is 2. The molecule has 0 heterocycles. The summed E-state index contributed by atoms with van der Waals surface area (Å²) in [4.78, 5) is 4.46. The van der Waals surface area contributed by atoms with Crippen molar-refractivity contribution in [3.8, 4) is 11.8 Å². The van der Waals surface area contributed by atoms with E-state index in [1.165, 1.54) is 6.07 Å². The highest BCUT2D eigenvalue weighted by atomic mass is 19.3. The van der Waals surface area contributed by atoms with Crippen molar-refractivity contribution in [3.05, 3.63) is 65.2 Å².